The lowest BCUT2D eigenvalue weighted by Gasteiger charge is -2.26. The summed E-state index contributed by atoms with van der Waals surface area (Å²) in [6.45, 7) is 0. The van der Waals surface area contributed by atoms with Gasteiger partial charge in [0.05, 0.1) is 27.4 Å². The Hall–Kier alpha value is -2.69. The zero-order valence-electron chi connectivity index (χ0n) is 14.8. The highest BCUT2D eigenvalue weighted by molar-refractivity contribution is 5.96. The highest BCUT2D eigenvalue weighted by atomic mass is 16.5. The van der Waals surface area contributed by atoms with Gasteiger partial charge in [-0.2, -0.15) is 0 Å². The van der Waals surface area contributed by atoms with Crippen molar-refractivity contribution < 1.29 is 19.0 Å². The number of hydrogen-bond donors (Lipinski definition) is 1. The number of aryl methyl sites for hydroxylation is 1. The minimum atomic E-state index is -0.152. The molecule has 3 rings (SSSR count). The molecule has 0 saturated carbocycles. The standard InChI is InChI=1S/C20H23NO4/c1-23-17-11-14(12-18(24-2)19(17)25-3)20(22)21-16-10-6-8-13-7-4-5-9-15(13)16/h4-5,7,9,11-12,16H,6,8,10H2,1-3H3,(H,21,22)/t16-/m1/s1. The van der Waals surface area contributed by atoms with Gasteiger partial charge in [0.25, 0.3) is 5.91 Å². The van der Waals surface area contributed by atoms with Gasteiger partial charge in [-0.1, -0.05) is 24.3 Å². The number of ether oxygens (including phenoxy) is 3. The Morgan fingerprint density at radius 2 is 1.72 bits per heavy atom. The van der Waals surface area contributed by atoms with Gasteiger partial charge < -0.3 is 19.5 Å². The molecule has 0 unspecified atom stereocenters. The van der Waals surface area contributed by atoms with E-state index in [1.54, 1.807) is 19.2 Å². The smallest absolute Gasteiger partial charge is 0.252 e. The first-order chi connectivity index (χ1) is 12.2. The fourth-order valence-electron chi connectivity index (χ4n) is 3.36. The molecular formula is C20H23NO4. The first-order valence-corrected chi connectivity index (χ1v) is 8.36. The molecule has 1 aliphatic rings. The molecule has 0 aliphatic heterocycles. The van der Waals surface area contributed by atoms with Crippen LogP contribution < -0.4 is 19.5 Å². The van der Waals surface area contributed by atoms with E-state index in [1.807, 2.05) is 12.1 Å². The van der Waals surface area contributed by atoms with E-state index in [-0.39, 0.29) is 11.9 Å². The van der Waals surface area contributed by atoms with Crippen LogP contribution in [0.1, 0.15) is 40.4 Å². The maximum Gasteiger partial charge on any atom is 0.252 e. The summed E-state index contributed by atoms with van der Waals surface area (Å²) in [4.78, 5) is 12.8. The van der Waals surface area contributed by atoms with Crippen LogP contribution in [0.25, 0.3) is 0 Å². The highest BCUT2D eigenvalue weighted by Gasteiger charge is 2.23. The lowest BCUT2D eigenvalue weighted by molar-refractivity contribution is 0.0932. The van der Waals surface area contributed by atoms with E-state index in [0.29, 0.717) is 22.8 Å². The number of fused-ring (bicyclic) bond motifs is 1. The molecule has 5 heteroatoms. The summed E-state index contributed by atoms with van der Waals surface area (Å²) in [6, 6.07) is 11.7. The molecule has 1 aliphatic carbocycles. The molecule has 25 heavy (non-hydrogen) atoms. The maximum absolute atomic E-state index is 12.8. The van der Waals surface area contributed by atoms with Crippen molar-refractivity contribution in [1.82, 2.24) is 5.32 Å². The molecule has 2 aromatic rings. The fraction of sp³-hybridized carbons (Fsp3) is 0.350. The zero-order chi connectivity index (χ0) is 17.8. The third-order valence-corrected chi connectivity index (χ3v) is 4.60. The molecule has 0 radical (unpaired) electrons. The summed E-state index contributed by atoms with van der Waals surface area (Å²) in [5, 5.41) is 3.14. The summed E-state index contributed by atoms with van der Waals surface area (Å²) in [6.07, 6.45) is 3.07. The Balaban J connectivity index is 1.87. The van der Waals surface area contributed by atoms with Crippen molar-refractivity contribution in [2.24, 2.45) is 0 Å². The van der Waals surface area contributed by atoms with Crippen molar-refractivity contribution in [3.05, 3.63) is 53.1 Å². The predicted molar refractivity (Wildman–Crippen MR) is 95.7 cm³/mol. The first kappa shape index (κ1) is 17.1. The van der Waals surface area contributed by atoms with Crippen molar-refractivity contribution >= 4 is 5.91 Å². The molecule has 132 valence electrons. The largest absolute Gasteiger partial charge is 0.493 e. The molecule has 1 amide bonds. The van der Waals surface area contributed by atoms with Crippen LogP contribution in [0, 0.1) is 0 Å². The maximum atomic E-state index is 12.8. The summed E-state index contributed by atoms with van der Waals surface area (Å²) < 4.78 is 16.0. The molecule has 2 aromatic carbocycles. The van der Waals surface area contributed by atoms with Crippen LogP contribution in [0.5, 0.6) is 17.2 Å². The first-order valence-electron chi connectivity index (χ1n) is 8.36. The molecule has 5 nitrogen and oxygen atoms in total. The van der Waals surface area contributed by atoms with Crippen LogP contribution in [-0.2, 0) is 6.42 Å². The van der Waals surface area contributed by atoms with Gasteiger partial charge in [0.1, 0.15) is 0 Å². The number of hydrogen-bond acceptors (Lipinski definition) is 4. The molecule has 0 heterocycles. The third kappa shape index (κ3) is 3.40. The number of carbonyl (C=O) groups is 1. The predicted octanol–water partition coefficient (Wildman–Crippen LogP) is 3.52. The van der Waals surface area contributed by atoms with E-state index in [4.69, 9.17) is 14.2 Å². The van der Waals surface area contributed by atoms with Gasteiger partial charge in [-0.25, -0.2) is 0 Å². The Labute approximate surface area is 147 Å². The Morgan fingerprint density at radius 1 is 1.04 bits per heavy atom. The van der Waals surface area contributed by atoms with Crippen LogP contribution in [0.3, 0.4) is 0 Å². The number of nitrogens with one attached hydrogen (secondary N) is 1. The third-order valence-electron chi connectivity index (χ3n) is 4.60. The fourth-order valence-corrected chi connectivity index (χ4v) is 3.36. The summed E-state index contributed by atoms with van der Waals surface area (Å²) >= 11 is 0. The molecule has 0 aromatic heterocycles. The van der Waals surface area contributed by atoms with E-state index in [2.05, 4.69) is 17.4 Å². The van der Waals surface area contributed by atoms with Gasteiger partial charge >= 0.3 is 0 Å². The normalized spacial score (nSPS) is 15.9. The van der Waals surface area contributed by atoms with E-state index in [0.717, 1.165) is 19.3 Å². The van der Waals surface area contributed by atoms with Crippen molar-refractivity contribution in [3.63, 3.8) is 0 Å². The lowest BCUT2D eigenvalue weighted by atomic mass is 9.87. The van der Waals surface area contributed by atoms with Crippen LogP contribution >= 0.6 is 0 Å². The van der Waals surface area contributed by atoms with Gasteiger partial charge in [-0.3, -0.25) is 4.79 Å². The molecule has 0 saturated heterocycles. The van der Waals surface area contributed by atoms with Crippen molar-refractivity contribution in [3.8, 4) is 17.2 Å². The second kappa shape index (κ2) is 7.47. The van der Waals surface area contributed by atoms with Gasteiger partial charge in [0, 0.05) is 5.56 Å². The number of amides is 1. The van der Waals surface area contributed by atoms with Gasteiger partial charge in [0.15, 0.2) is 11.5 Å². The van der Waals surface area contributed by atoms with E-state index in [1.165, 1.54) is 25.3 Å². The van der Waals surface area contributed by atoms with E-state index < -0.39 is 0 Å². The molecule has 0 fully saturated rings. The zero-order valence-corrected chi connectivity index (χ0v) is 14.8. The lowest BCUT2D eigenvalue weighted by Crippen LogP contribution is -2.31. The minimum absolute atomic E-state index is 0.0246. The van der Waals surface area contributed by atoms with Gasteiger partial charge in [0.2, 0.25) is 5.75 Å². The number of carbonyl (C=O) groups excluding carboxylic acids is 1. The topological polar surface area (TPSA) is 56.8 Å². The number of rotatable bonds is 5. The van der Waals surface area contributed by atoms with Gasteiger partial charge in [-0.05, 0) is 42.5 Å². The quantitative estimate of drug-likeness (QED) is 0.904. The SMILES string of the molecule is COc1cc(C(=O)N[C@@H]2CCCc3ccccc32)cc(OC)c1OC. The molecule has 1 N–H and O–H groups in total. The summed E-state index contributed by atoms with van der Waals surface area (Å²) in [5.41, 5.74) is 3.00. The second-order valence-corrected chi connectivity index (χ2v) is 6.03. The average molecular weight is 341 g/mol. The Bertz CT molecular complexity index is 747. The molecule has 1 atom stereocenters. The average Bonchev–Trinajstić information content (AvgIpc) is 2.66. The number of methoxy groups -OCH3 is 3. The molecular weight excluding hydrogens is 318 g/mol. The summed E-state index contributed by atoms with van der Waals surface area (Å²) in [5.74, 6) is 1.26. The Morgan fingerprint density at radius 3 is 2.36 bits per heavy atom. The molecule has 0 bridgehead atoms. The Kier molecular flexibility index (Phi) is 5.12. The van der Waals surface area contributed by atoms with Crippen LogP contribution in [0.2, 0.25) is 0 Å². The van der Waals surface area contributed by atoms with Crippen molar-refractivity contribution in [2.75, 3.05) is 21.3 Å². The van der Waals surface area contributed by atoms with Crippen molar-refractivity contribution in [2.45, 2.75) is 25.3 Å². The second-order valence-electron chi connectivity index (χ2n) is 6.03. The van der Waals surface area contributed by atoms with Crippen LogP contribution in [0.4, 0.5) is 0 Å². The van der Waals surface area contributed by atoms with E-state index >= 15 is 0 Å². The minimum Gasteiger partial charge on any atom is -0.493 e. The van der Waals surface area contributed by atoms with Crippen LogP contribution in [0.15, 0.2) is 36.4 Å². The van der Waals surface area contributed by atoms with Gasteiger partial charge in [-0.15, -0.1) is 0 Å². The van der Waals surface area contributed by atoms with Crippen LogP contribution in [-0.4, -0.2) is 27.2 Å². The van der Waals surface area contributed by atoms with E-state index in [9.17, 15) is 4.79 Å². The number of benzene rings is 2. The molecule has 0 spiro atoms. The highest BCUT2D eigenvalue weighted by Crippen LogP contribution is 2.38. The van der Waals surface area contributed by atoms with Crippen molar-refractivity contribution in [1.29, 1.82) is 0 Å². The monoisotopic (exact) mass is 341 g/mol. The summed E-state index contributed by atoms with van der Waals surface area (Å²) in [7, 11) is 4.62.